The van der Waals surface area contributed by atoms with Gasteiger partial charge in [-0.15, -0.1) is 10.2 Å². The molecule has 2 aromatic heterocycles. The van der Waals surface area contributed by atoms with Crippen molar-refractivity contribution in [3.05, 3.63) is 65.6 Å². The molecule has 0 atom stereocenters. The minimum absolute atomic E-state index is 0.0444. The van der Waals surface area contributed by atoms with Crippen LogP contribution in [0.25, 0.3) is 5.65 Å². The molecule has 4 rings (SSSR count). The van der Waals surface area contributed by atoms with Crippen LogP contribution < -0.4 is 10.6 Å². The average Bonchev–Trinajstić information content (AvgIpc) is 3.18. The molecule has 152 valence electrons. The van der Waals surface area contributed by atoms with Gasteiger partial charge < -0.3 is 15.4 Å². The van der Waals surface area contributed by atoms with Gasteiger partial charge in [0.2, 0.25) is 0 Å². The maximum absolute atomic E-state index is 5.66. The number of rotatable bonds is 5. The predicted molar refractivity (Wildman–Crippen MR) is 114 cm³/mol. The molecular weight excluding hydrogens is 364 g/mol. The number of ether oxygens (including phenoxy) is 1. The highest BCUT2D eigenvalue weighted by Crippen LogP contribution is 2.36. The van der Waals surface area contributed by atoms with E-state index < -0.39 is 0 Å². The van der Waals surface area contributed by atoms with Crippen LogP contribution in [0.1, 0.15) is 29.8 Å². The highest BCUT2D eigenvalue weighted by Gasteiger charge is 2.35. The number of nitrogens with zero attached hydrogens (tertiary/aromatic N) is 4. The second kappa shape index (κ2) is 8.61. The van der Waals surface area contributed by atoms with Crippen LogP contribution in [0.2, 0.25) is 0 Å². The molecule has 2 N–H and O–H groups in total. The molecule has 0 bridgehead atoms. The second-order valence-electron chi connectivity index (χ2n) is 7.53. The van der Waals surface area contributed by atoms with Crippen molar-refractivity contribution in [1.82, 2.24) is 25.2 Å². The van der Waals surface area contributed by atoms with E-state index in [1.165, 1.54) is 11.1 Å². The van der Waals surface area contributed by atoms with Crippen molar-refractivity contribution >= 4 is 11.6 Å². The van der Waals surface area contributed by atoms with Crippen LogP contribution >= 0.6 is 0 Å². The molecule has 29 heavy (non-hydrogen) atoms. The zero-order valence-electron chi connectivity index (χ0n) is 17.1. The number of benzene rings is 1. The van der Waals surface area contributed by atoms with E-state index in [-0.39, 0.29) is 5.41 Å². The molecule has 0 radical (unpaired) electrons. The SMILES string of the molecule is CN=C(NCc1nnc2ccccn12)NCC1(c2ccccc2C)CCOCC1. The lowest BCUT2D eigenvalue weighted by Gasteiger charge is -2.39. The summed E-state index contributed by atoms with van der Waals surface area (Å²) in [7, 11) is 1.79. The predicted octanol–water partition coefficient (Wildman–Crippen LogP) is 2.45. The Balaban J connectivity index is 1.45. The van der Waals surface area contributed by atoms with Crippen molar-refractivity contribution in [2.45, 2.75) is 31.7 Å². The fraction of sp³-hybridized carbons (Fsp3) is 0.409. The topological polar surface area (TPSA) is 75.8 Å². The van der Waals surface area contributed by atoms with E-state index >= 15 is 0 Å². The molecule has 1 fully saturated rings. The summed E-state index contributed by atoms with van der Waals surface area (Å²) < 4.78 is 7.64. The van der Waals surface area contributed by atoms with Gasteiger partial charge >= 0.3 is 0 Å². The standard InChI is InChI=1S/C22H28N6O/c1-17-7-3-4-8-18(17)22(10-13-29-14-11-22)16-25-21(23-2)24-15-20-27-26-19-9-5-6-12-28(19)20/h3-9,12H,10-11,13-16H2,1-2H3,(H2,23,24,25). The normalized spacial score (nSPS) is 16.7. The first-order valence-electron chi connectivity index (χ1n) is 10.1. The van der Waals surface area contributed by atoms with E-state index in [1.807, 2.05) is 28.8 Å². The van der Waals surface area contributed by atoms with E-state index in [4.69, 9.17) is 4.74 Å². The summed E-state index contributed by atoms with van der Waals surface area (Å²) in [5.74, 6) is 1.61. The summed E-state index contributed by atoms with van der Waals surface area (Å²) in [4.78, 5) is 4.40. The van der Waals surface area contributed by atoms with Crippen LogP contribution in [-0.2, 0) is 16.7 Å². The van der Waals surface area contributed by atoms with Gasteiger partial charge in [0, 0.05) is 38.4 Å². The lowest BCUT2D eigenvalue weighted by atomic mass is 9.72. The van der Waals surface area contributed by atoms with Gasteiger partial charge in [0.25, 0.3) is 0 Å². The molecule has 3 aromatic rings. The molecule has 7 heteroatoms. The Bertz CT molecular complexity index is 990. The van der Waals surface area contributed by atoms with Gasteiger partial charge in [-0.3, -0.25) is 9.39 Å². The van der Waals surface area contributed by atoms with Gasteiger partial charge in [-0.1, -0.05) is 30.3 Å². The van der Waals surface area contributed by atoms with E-state index in [2.05, 4.69) is 57.0 Å². The van der Waals surface area contributed by atoms with E-state index in [9.17, 15) is 0 Å². The van der Waals surface area contributed by atoms with Crippen LogP contribution in [0.4, 0.5) is 0 Å². The summed E-state index contributed by atoms with van der Waals surface area (Å²) >= 11 is 0. The third kappa shape index (κ3) is 4.10. The van der Waals surface area contributed by atoms with Gasteiger partial charge in [0.1, 0.15) is 0 Å². The number of aryl methyl sites for hydroxylation is 1. The fourth-order valence-electron chi connectivity index (χ4n) is 4.12. The van der Waals surface area contributed by atoms with Gasteiger partial charge in [-0.25, -0.2) is 0 Å². The minimum atomic E-state index is 0.0444. The van der Waals surface area contributed by atoms with E-state index in [1.54, 1.807) is 7.05 Å². The number of hydrogen-bond donors (Lipinski definition) is 2. The highest BCUT2D eigenvalue weighted by atomic mass is 16.5. The molecular formula is C22H28N6O. The zero-order chi connectivity index (χ0) is 20.1. The number of guanidine groups is 1. The van der Waals surface area contributed by atoms with Crippen molar-refractivity contribution in [3.8, 4) is 0 Å². The third-order valence-electron chi connectivity index (χ3n) is 5.78. The van der Waals surface area contributed by atoms with Gasteiger partial charge in [-0.2, -0.15) is 0 Å². The number of nitrogens with one attached hydrogen (secondary N) is 2. The van der Waals surface area contributed by atoms with Gasteiger partial charge in [0.15, 0.2) is 17.4 Å². The Labute approximate surface area is 171 Å². The number of hydrogen-bond acceptors (Lipinski definition) is 4. The Morgan fingerprint density at radius 2 is 1.90 bits per heavy atom. The number of aliphatic imine (C=N–C) groups is 1. The van der Waals surface area contributed by atoms with E-state index in [0.29, 0.717) is 6.54 Å². The molecule has 0 amide bonds. The smallest absolute Gasteiger partial charge is 0.191 e. The molecule has 3 heterocycles. The largest absolute Gasteiger partial charge is 0.381 e. The Morgan fingerprint density at radius 1 is 1.10 bits per heavy atom. The minimum Gasteiger partial charge on any atom is -0.381 e. The summed E-state index contributed by atoms with van der Waals surface area (Å²) in [6.45, 7) is 5.12. The monoisotopic (exact) mass is 392 g/mol. The summed E-state index contributed by atoms with van der Waals surface area (Å²) in [6, 6.07) is 14.5. The number of fused-ring (bicyclic) bond motifs is 1. The maximum Gasteiger partial charge on any atom is 0.191 e. The van der Waals surface area contributed by atoms with Crippen molar-refractivity contribution in [3.63, 3.8) is 0 Å². The van der Waals surface area contributed by atoms with Gasteiger partial charge in [-0.05, 0) is 43.0 Å². The van der Waals surface area contributed by atoms with Crippen LogP contribution in [0.3, 0.4) is 0 Å². The highest BCUT2D eigenvalue weighted by molar-refractivity contribution is 5.79. The number of aromatic nitrogens is 3. The summed E-state index contributed by atoms with van der Waals surface area (Å²) in [6.07, 6.45) is 3.96. The molecule has 1 saturated heterocycles. The second-order valence-corrected chi connectivity index (χ2v) is 7.53. The lowest BCUT2D eigenvalue weighted by Crippen LogP contribution is -2.48. The maximum atomic E-state index is 5.66. The van der Waals surface area contributed by atoms with Crippen LogP contribution in [0.5, 0.6) is 0 Å². The molecule has 0 aliphatic carbocycles. The summed E-state index contributed by atoms with van der Waals surface area (Å²) in [5, 5.41) is 15.4. The Hall–Kier alpha value is -2.93. The molecule has 7 nitrogen and oxygen atoms in total. The average molecular weight is 393 g/mol. The number of pyridine rings is 1. The van der Waals surface area contributed by atoms with Crippen molar-refractivity contribution in [2.75, 3.05) is 26.8 Å². The van der Waals surface area contributed by atoms with Crippen LogP contribution in [0.15, 0.2) is 53.7 Å². The van der Waals surface area contributed by atoms with Crippen molar-refractivity contribution in [1.29, 1.82) is 0 Å². The van der Waals surface area contributed by atoms with E-state index in [0.717, 1.165) is 50.0 Å². The van der Waals surface area contributed by atoms with Crippen LogP contribution in [-0.4, -0.2) is 47.4 Å². The third-order valence-corrected chi connectivity index (χ3v) is 5.78. The fourth-order valence-corrected chi connectivity index (χ4v) is 4.12. The Kier molecular flexibility index (Phi) is 5.76. The molecule has 1 aromatic carbocycles. The van der Waals surface area contributed by atoms with Crippen molar-refractivity contribution in [2.24, 2.45) is 4.99 Å². The first kappa shape index (κ1) is 19.4. The first-order chi connectivity index (χ1) is 14.2. The lowest BCUT2D eigenvalue weighted by molar-refractivity contribution is 0.0512. The molecule has 1 aliphatic heterocycles. The molecule has 0 saturated carbocycles. The molecule has 0 unspecified atom stereocenters. The van der Waals surface area contributed by atoms with Gasteiger partial charge in [0.05, 0.1) is 6.54 Å². The Morgan fingerprint density at radius 3 is 2.69 bits per heavy atom. The first-order valence-corrected chi connectivity index (χ1v) is 10.1. The summed E-state index contributed by atoms with van der Waals surface area (Å²) in [5.41, 5.74) is 3.61. The molecule has 1 aliphatic rings. The van der Waals surface area contributed by atoms with Crippen molar-refractivity contribution < 1.29 is 4.74 Å². The molecule has 0 spiro atoms. The van der Waals surface area contributed by atoms with Crippen LogP contribution in [0, 0.1) is 6.92 Å². The quantitative estimate of drug-likeness (QED) is 0.515. The zero-order valence-corrected chi connectivity index (χ0v) is 17.1.